The van der Waals surface area contributed by atoms with Crippen molar-refractivity contribution in [3.63, 3.8) is 0 Å². The van der Waals surface area contributed by atoms with Crippen LogP contribution in [-0.2, 0) is 0 Å². The molecule has 2 N–H and O–H groups in total. The molecule has 0 spiro atoms. The quantitative estimate of drug-likeness (QED) is 0.811. The summed E-state index contributed by atoms with van der Waals surface area (Å²) in [7, 11) is 0. The van der Waals surface area contributed by atoms with Gasteiger partial charge in [-0.1, -0.05) is 30.7 Å². The minimum atomic E-state index is -0.0912. The first kappa shape index (κ1) is 16.8. The van der Waals surface area contributed by atoms with Gasteiger partial charge in [0.15, 0.2) is 0 Å². The lowest BCUT2D eigenvalue weighted by molar-refractivity contribution is 0.0806. The van der Waals surface area contributed by atoms with Crippen LogP contribution in [0.4, 0.5) is 0 Å². The minimum absolute atomic E-state index is 0.0912. The highest BCUT2D eigenvalue weighted by molar-refractivity contribution is 6.30. The number of aliphatic hydroxyl groups is 1. The molecule has 118 valence electrons. The van der Waals surface area contributed by atoms with Crippen molar-refractivity contribution < 1.29 is 5.11 Å². The smallest absolute Gasteiger partial charge is 0.0564 e. The predicted octanol–water partition coefficient (Wildman–Crippen LogP) is 3.23. The molecule has 0 aromatic heterocycles. The average molecular weight is 311 g/mol. The summed E-state index contributed by atoms with van der Waals surface area (Å²) in [6, 6.07) is 8.56. The Hall–Kier alpha value is -0.610. The summed E-state index contributed by atoms with van der Waals surface area (Å²) in [4.78, 5) is 2.46. The van der Waals surface area contributed by atoms with Crippen molar-refractivity contribution >= 4 is 11.6 Å². The molecule has 1 atom stereocenters. The number of hydrogen-bond donors (Lipinski definition) is 2. The van der Waals surface area contributed by atoms with Gasteiger partial charge >= 0.3 is 0 Å². The highest BCUT2D eigenvalue weighted by atomic mass is 35.5. The Morgan fingerprint density at radius 3 is 2.57 bits per heavy atom. The predicted molar refractivity (Wildman–Crippen MR) is 88.8 cm³/mol. The number of nitrogens with zero attached hydrogens (tertiary/aromatic N) is 1. The van der Waals surface area contributed by atoms with Crippen molar-refractivity contribution in [1.29, 1.82) is 0 Å². The summed E-state index contributed by atoms with van der Waals surface area (Å²) in [5, 5.41) is 14.0. The molecule has 0 bridgehead atoms. The van der Waals surface area contributed by atoms with Gasteiger partial charge in [-0.15, -0.1) is 0 Å². The zero-order chi connectivity index (χ0) is 15.1. The first-order chi connectivity index (χ1) is 10.2. The van der Waals surface area contributed by atoms with Crippen molar-refractivity contribution in [3.8, 4) is 0 Å². The highest BCUT2D eigenvalue weighted by Gasteiger charge is 2.18. The molecule has 21 heavy (non-hydrogen) atoms. The number of likely N-dealkylation sites (tertiary alicyclic amines) is 1. The number of piperidine rings is 1. The maximum atomic E-state index is 9.57. The number of hydrogen-bond acceptors (Lipinski definition) is 3. The number of halogens is 1. The molecule has 1 heterocycles. The van der Waals surface area contributed by atoms with Gasteiger partial charge in [-0.25, -0.2) is 0 Å². The van der Waals surface area contributed by atoms with E-state index in [1.807, 2.05) is 12.1 Å². The lowest BCUT2D eigenvalue weighted by Crippen LogP contribution is -2.37. The second-order valence-corrected chi connectivity index (χ2v) is 6.36. The number of nitrogens with one attached hydrogen (secondary N) is 1. The second-order valence-electron chi connectivity index (χ2n) is 5.92. The van der Waals surface area contributed by atoms with Gasteiger partial charge < -0.3 is 15.3 Å². The topological polar surface area (TPSA) is 35.5 Å². The lowest BCUT2D eigenvalue weighted by Gasteiger charge is -2.31. The number of benzene rings is 1. The minimum Gasteiger partial charge on any atom is -0.393 e. The van der Waals surface area contributed by atoms with E-state index in [-0.39, 0.29) is 6.10 Å². The van der Waals surface area contributed by atoms with Crippen LogP contribution in [0.1, 0.15) is 44.2 Å². The first-order valence-corrected chi connectivity index (χ1v) is 8.46. The van der Waals surface area contributed by atoms with Gasteiger partial charge in [-0.05, 0) is 56.5 Å². The van der Waals surface area contributed by atoms with E-state index in [4.69, 9.17) is 11.6 Å². The summed E-state index contributed by atoms with van der Waals surface area (Å²) < 4.78 is 0. The number of rotatable bonds is 7. The molecule has 0 aliphatic carbocycles. The fourth-order valence-corrected chi connectivity index (χ4v) is 2.98. The van der Waals surface area contributed by atoms with E-state index in [1.165, 1.54) is 5.56 Å². The Bertz CT molecular complexity index is 402. The maximum Gasteiger partial charge on any atom is 0.0564 e. The lowest BCUT2D eigenvalue weighted by atomic mass is 10.0. The van der Waals surface area contributed by atoms with Gasteiger partial charge in [0.2, 0.25) is 0 Å². The number of aliphatic hydroxyl groups excluding tert-OH is 1. The molecule has 1 saturated heterocycles. The van der Waals surface area contributed by atoms with Gasteiger partial charge in [0.25, 0.3) is 0 Å². The highest BCUT2D eigenvalue weighted by Crippen LogP contribution is 2.21. The van der Waals surface area contributed by atoms with E-state index in [1.54, 1.807) is 0 Å². The van der Waals surface area contributed by atoms with Crippen molar-refractivity contribution in [3.05, 3.63) is 34.9 Å². The van der Waals surface area contributed by atoms with Crippen LogP contribution in [0.5, 0.6) is 0 Å². The molecule has 0 saturated carbocycles. The monoisotopic (exact) mass is 310 g/mol. The van der Waals surface area contributed by atoms with Crippen molar-refractivity contribution in [2.45, 2.75) is 44.8 Å². The largest absolute Gasteiger partial charge is 0.393 e. The normalized spacial score (nSPS) is 18.8. The molecule has 0 amide bonds. The third-order valence-electron chi connectivity index (χ3n) is 4.20. The summed E-state index contributed by atoms with van der Waals surface area (Å²) in [6.07, 6.45) is 3.96. The SMILES string of the molecule is CCCNC(CCN1CCC(O)CC1)c1ccc(Cl)cc1. The van der Waals surface area contributed by atoms with Crippen LogP contribution in [0, 0.1) is 0 Å². The molecule has 1 aliphatic heterocycles. The molecular formula is C17H27ClN2O. The fraction of sp³-hybridized carbons (Fsp3) is 0.647. The second kappa shape index (κ2) is 8.74. The molecule has 0 radical (unpaired) electrons. The van der Waals surface area contributed by atoms with Crippen LogP contribution >= 0.6 is 11.6 Å². The van der Waals surface area contributed by atoms with Crippen LogP contribution in [0.15, 0.2) is 24.3 Å². The molecular weight excluding hydrogens is 284 g/mol. The molecule has 3 nitrogen and oxygen atoms in total. The van der Waals surface area contributed by atoms with Crippen molar-refractivity contribution in [1.82, 2.24) is 10.2 Å². The first-order valence-electron chi connectivity index (χ1n) is 8.08. The van der Waals surface area contributed by atoms with Crippen molar-refractivity contribution in [2.75, 3.05) is 26.2 Å². The fourth-order valence-electron chi connectivity index (χ4n) is 2.85. The Kier molecular flexibility index (Phi) is 6.97. The zero-order valence-corrected chi connectivity index (χ0v) is 13.6. The molecule has 1 unspecified atom stereocenters. The van der Waals surface area contributed by atoms with E-state index in [0.717, 1.165) is 56.9 Å². The third-order valence-corrected chi connectivity index (χ3v) is 4.46. The Morgan fingerprint density at radius 1 is 1.29 bits per heavy atom. The van der Waals surface area contributed by atoms with Crippen LogP contribution in [0.25, 0.3) is 0 Å². The molecule has 2 rings (SSSR count). The van der Waals surface area contributed by atoms with Gasteiger partial charge in [0.05, 0.1) is 6.10 Å². The summed E-state index contributed by atoms with van der Waals surface area (Å²) in [5.41, 5.74) is 1.31. The maximum absolute atomic E-state index is 9.57. The Labute approximate surface area is 133 Å². The molecule has 1 aromatic carbocycles. The van der Waals surface area contributed by atoms with Crippen LogP contribution in [0.2, 0.25) is 5.02 Å². The standard InChI is InChI=1S/C17H27ClN2O/c1-2-10-19-17(14-3-5-15(18)6-4-14)9-13-20-11-7-16(21)8-12-20/h3-6,16-17,19,21H,2,7-13H2,1H3. The van der Waals surface area contributed by atoms with E-state index in [2.05, 4.69) is 29.3 Å². The van der Waals surface area contributed by atoms with Crippen LogP contribution in [0.3, 0.4) is 0 Å². The molecule has 1 aliphatic rings. The average Bonchev–Trinajstić information content (AvgIpc) is 2.50. The van der Waals surface area contributed by atoms with Gasteiger partial charge in [0, 0.05) is 24.2 Å². The van der Waals surface area contributed by atoms with Crippen LogP contribution in [-0.4, -0.2) is 42.3 Å². The Balaban J connectivity index is 1.88. The van der Waals surface area contributed by atoms with E-state index >= 15 is 0 Å². The molecule has 4 heteroatoms. The van der Waals surface area contributed by atoms with Crippen LogP contribution < -0.4 is 5.32 Å². The van der Waals surface area contributed by atoms with Gasteiger partial charge in [-0.3, -0.25) is 0 Å². The summed E-state index contributed by atoms with van der Waals surface area (Å²) in [6.45, 7) is 6.34. The van der Waals surface area contributed by atoms with E-state index in [9.17, 15) is 5.11 Å². The van der Waals surface area contributed by atoms with E-state index < -0.39 is 0 Å². The molecule has 1 aromatic rings. The van der Waals surface area contributed by atoms with Crippen molar-refractivity contribution in [2.24, 2.45) is 0 Å². The summed E-state index contributed by atoms with van der Waals surface area (Å²) in [5.74, 6) is 0. The summed E-state index contributed by atoms with van der Waals surface area (Å²) >= 11 is 5.98. The molecule has 1 fully saturated rings. The Morgan fingerprint density at radius 2 is 1.95 bits per heavy atom. The third kappa shape index (κ3) is 5.59. The zero-order valence-electron chi connectivity index (χ0n) is 12.9. The van der Waals surface area contributed by atoms with Gasteiger partial charge in [0.1, 0.15) is 0 Å². The van der Waals surface area contributed by atoms with E-state index in [0.29, 0.717) is 6.04 Å². The van der Waals surface area contributed by atoms with Gasteiger partial charge in [-0.2, -0.15) is 0 Å².